The standard InChI is InChI=1S/C20H23N3O2/c1-3-4-5-10-19(24)21-17-13-14(11-12-18(17)25-2)20-22-15-8-6-7-9-16(15)23-20/h6-9,11-13H,3-5,10H2,1-2H3,(H,21,24)(H,22,23). The van der Waals surface area contributed by atoms with Crippen molar-refractivity contribution in [1.29, 1.82) is 0 Å². The zero-order chi connectivity index (χ0) is 17.6. The second-order valence-electron chi connectivity index (χ2n) is 6.02. The molecule has 2 aromatic carbocycles. The van der Waals surface area contributed by atoms with E-state index in [4.69, 9.17) is 4.74 Å². The predicted octanol–water partition coefficient (Wildman–Crippen LogP) is 4.76. The lowest BCUT2D eigenvalue weighted by atomic mass is 10.1. The number of hydrogen-bond donors (Lipinski definition) is 2. The van der Waals surface area contributed by atoms with Gasteiger partial charge in [-0.25, -0.2) is 4.98 Å². The maximum Gasteiger partial charge on any atom is 0.224 e. The van der Waals surface area contributed by atoms with Gasteiger partial charge >= 0.3 is 0 Å². The quantitative estimate of drug-likeness (QED) is 0.611. The topological polar surface area (TPSA) is 67.0 Å². The Balaban J connectivity index is 1.85. The molecule has 25 heavy (non-hydrogen) atoms. The first-order chi connectivity index (χ1) is 12.2. The number of imidazole rings is 1. The number of anilines is 1. The third-order valence-electron chi connectivity index (χ3n) is 4.14. The lowest BCUT2D eigenvalue weighted by Crippen LogP contribution is -2.12. The highest BCUT2D eigenvalue weighted by Crippen LogP contribution is 2.30. The summed E-state index contributed by atoms with van der Waals surface area (Å²) in [7, 11) is 1.60. The van der Waals surface area contributed by atoms with Crippen LogP contribution in [0.25, 0.3) is 22.4 Å². The molecule has 0 radical (unpaired) electrons. The number of methoxy groups -OCH3 is 1. The molecule has 0 aliphatic carbocycles. The van der Waals surface area contributed by atoms with E-state index in [9.17, 15) is 4.79 Å². The average molecular weight is 337 g/mol. The van der Waals surface area contributed by atoms with Gasteiger partial charge in [-0.15, -0.1) is 0 Å². The van der Waals surface area contributed by atoms with E-state index in [1.165, 1.54) is 0 Å². The van der Waals surface area contributed by atoms with E-state index in [0.29, 0.717) is 17.9 Å². The van der Waals surface area contributed by atoms with Crippen molar-refractivity contribution in [2.45, 2.75) is 32.6 Å². The van der Waals surface area contributed by atoms with Gasteiger partial charge in [-0.3, -0.25) is 4.79 Å². The maximum atomic E-state index is 12.2. The number of carbonyl (C=O) groups is 1. The lowest BCUT2D eigenvalue weighted by molar-refractivity contribution is -0.116. The largest absolute Gasteiger partial charge is 0.495 e. The first-order valence-corrected chi connectivity index (χ1v) is 8.64. The number of unbranched alkanes of at least 4 members (excludes halogenated alkanes) is 2. The Morgan fingerprint density at radius 2 is 2.04 bits per heavy atom. The smallest absolute Gasteiger partial charge is 0.224 e. The van der Waals surface area contributed by atoms with Gasteiger partial charge in [-0.1, -0.05) is 31.9 Å². The molecule has 0 aliphatic heterocycles. The average Bonchev–Trinajstić information content (AvgIpc) is 3.06. The number of carbonyl (C=O) groups excluding carboxylic acids is 1. The summed E-state index contributed by atoms with van der Waals surface area (Å²) in [6.07, 6.45) is 3.57. The van der Waals surface area contributed by atoms with Crippen molar-refractivity contribution >= 4 is 22.6 Å². The molecule has 130 valence electrons. The van der Waals surface area contributed by atoms with Crippen LogP contribution < -0.4 is 10.1 Å². The van der Waals surface area contributed by atoms with E-state index in [2.05, 4.69) is 22.2 Å². The molecule has 0 saturated heterocycles. The number of hydrogen-bond acceptors (Lipinski definition) is 3. The molecule has 0 bridgehead atoms. The van der Waals surface area contributed by atoms with Gasteiger partial charge in [0.15, 0.2) is 0 Å². The molecule has 0 spiro atoms. The molecule has 0 aliphatic rings. The van der Waals surface area contributed by atoms with Gasteiger partial charge in [-0.2, -0.15) is 0 Å². The summed E-state index contributed by atoms with van der Waals surface area (Å²) >= 11 is 0. The Morgan fingerprint density at radius 1 is 1.20 bits per heavy atom. The van der Waals surface area contributed by atoms with Crippen molar-refractivity contribution in [2.24, 2.45) is 0 Å². The number of nitrogens with zero attached hydrogens (tertiary/aromatic N) is 1. The number of aromatic nitrogens is 2. The van der Waals surface area contributed by atoms with Crippen molar-refractivity contribution < 1.29 is 9.53 Å². The summed E-state index contributed by atoms with van der Waals surface area (Å²) in [5.74, 6) is 1.42. The number of rotatable bonds is 7. The number of para-hydroxylation sites is 2. The first-order valence-electron chi connectivity index (χ1n) is 8.64. The van der Waals surface area contributed by atoms with Gasteiger partial charge in [0.05, 0.1) is 23.8 Å². The van der Waals surface area contributed by atoms with Gasteiger partial charge in [-0.05, 0) is 36.8 Å². The molecule has 0 atom stereocenters. The van der Waals surface area contributed by atoms with Crippen LogP contribution in [0.15, 0.2) is 42.5 Å². The summed E-state index contributed by atoms with van der Waals surface area (Å²) in [4.78, 5) is 20.1. The Morgan fingerprint density at radius 3 is 2.80 bits per heavy atom. The summed E-state index contributed by atoms with van der Waals surface area (Å²) < 4.78 is 5.38. The second kappa shape index (κ2) is 7.83. The zero-order valence-electron chi connectivity index (χ0n) is 14.6. The molecule has 5 nitrogen and oxygen atoms in total. The summed E-state index contributed by atoms with van der Waals surface area (Å²) in [5.41, 5.74) is 3.47. The highest BCUT2D eigenvalue weighted by molar-refractivity contribution is 5.93. The van der Waals surface area contributed by atoms with Crippen LogP contribution in [-0.2, 0) is 4.79 Å². The van der Waals surface area contributed by atoms with E-state index >= 15 is 0 Å². The molecule has 0 unspecified atom stereocenters. The molecule has 1 aromatic heterocycles. The Bertz CT molecular complexity index is 837. The Labute approximate surface area is 147 Å². The van der Waals surface area contributed by atoms with E-state index in [1.54, 1.807) is 7.11 Å². The SMILES string of the molecule is CCCCCC(=O)Nc1cc(-c2nc3ccccc3[nH]2)ccc1OC. The van der Waals surface area contributed by atoms with Gasteiger partial charge in [0.1, 0.15) is 11.6 Å². The molecule has 3 aromatic rings. The van der Waals surface area contributed by atoms with E-state index < -0.39 is 0 Å². The molecule has 0 fully saturated rings. The normalized spacial score (nSPS) is 10.8. The van der Waals surface area contributed by atoms with Crippen LogP contribution in [0.5, 0.6) is 5.75 Å². The van der Waals surface area contributed by atoms with Crippen LogP contribution in [0.3, 0.4) is 0 Å². The van der Waals surface area contributed by atoms with Crippen LogP contribution >= 0.6 is 0 Å². The van der Waals surface area contributed by atoms with Gasteiger partial charge in [0, 0.05) is 12.0 Å². The highest BCUT2D eigenvalue weighted by Gasteiger charge is 2.11. The number of aromatic amines is 1. The molecular formula is C20H23N3O2. The third kappa shape index (κ3) is 3.99. The molecule has 0 saturated carbocycles. The van der Waals surface area contributed by atoms with Gasteiger partial charge < -0.3 is 15.0 Å². The fraction of sp³-hybridized carbons (Fsp3) is 0.300. The van der Waals surface area contributed by atoms with Crippen LogP contribution in [-0.4, -0.2) is 23.0 Å². The van der Waals surface area contributed by atoms with Gasteiger partial charge in [0.2, 0.25) is 5.91 Å². The minimum Gasteiger partial charge on any atom is -0.495 e. The number of fused-ring (bicyclic) bond motifs is 1. The molecule has 2 N–H and O–H groups in total. The predicted molar refractivity (Wildman–Crippen MR) is 101 cm³/mol. The number of nitrogens with one attached hydrogen (secondary N) is 2. The fourth-order valence-corrected chi connectivity index (χ4v) is 2.79. The third-order valence-corrected chi connectivity index (χ3v) is 4.14. The molecule has 5 heteroatoms. The van der Waals surface area contributed by atoms with Crippen LogP contribution in [0.1, 0.15) is 32.6 Å². The molecule has 3 rings (SSSR count). The van der Waals surface area contributed by atoms with Crippen LogP contribution in [0, 0.1) is 0 Å². The van der Waals surface area contributed by atoms with Crippen molar-refractivity contribution in [1.82, 2.24) is 9.97 Å². The molecule has 1 heterocycles. The number of amides is 1. The monoisotopic (exact) mass is 337 g/mol. The minimum absolute atomic E-state index is 0.00788. The summed E-state index contributed by atoms with van der Waals surface area (Å²) in [6.45, 7) is 2.12. The van der Waals surface area contributed by atoms with E-state index in [-0.39, 0.29) is 5.91 Å². The second-order valence-corrected chi connectivity index (χ2v) is 6.02. The van der Waals surface area contributed by atoms with Crippen LogP contribution in [0.4, 0.5) is 5.69 Å². The molecular weight excluding hydrogens is 314 g/mol. The summed E-state index contributed by atoms with van der Waals surface area (Å²) in [5, 5.41) is 2.96. The lowest BCUT2D eigenvalue weighted by Gasteiger charge is -2.11. The van der Waals surface area contributed by atoms with E-state index in [1.807, 2.05) is 42.5 Å². The van der Waals surface area contributed by atoms with Gasteiger partial charge in [0.25, 0.3) is 0 Å². The number of ether oxygens (including phenoxy) is 1. The Hall–Kier alpha value is -2.82. The maximum absolute atomic E-state index is 12.2. The van der Waals surface area contributed by atoms with Crippen molar-refractivity contribution in [3.05, 3.63) is 42.5 Å². The molecule has 1 amide bonds. The first kappa shape index (κ1) is 17.0. The highest BCUT2D eigenvalue weighted by atomic mass is 16.5. The van der Waals surface area contributed by atoms with Crippen molar-refractivity contribution in [3.8, 4) is 17.1 Å². The van der Waals surface area contributed by atoms with E-state index in [0.717, 1.165) is 41.7 Å². The minimum atomic E-state index is 0.00788. The number of H-pyrrole nitrogens is 1. The van der Waals surface area contributed by atoms with Crippen molar-refractivity contribution in [2.75, 3.05) is 12.4 Å². The van der Waals surface area contributed by atoms with Crippen molar-refractivity contribution in [3.63, 3.8) is 0 Å². The fourth-order valence-electron chi connectivity index (χ4n) is 2.79. The zero-order valence-corrected chi connectivity index (χ0v) is 14.6. The number of benzene rings is 2. The van der Waals surface area contributed by atoms with Crippen LogP contribution in [0.2, 0.25) is 0 Å². The summed E-state index contributed by atoms with van der Waals surface area (Å²) in [6, 6.07) is 13.6. The Kier molecular flexibility index (Phi) is 5.33.